The Morgan fingerprint density at radius 2 is 1.85 bits per heavy atom. The van der Waals surface area contributed by atoms with Crippen molar-refractivity contribution in [2.24, 2.45) is 5.41 Å². The topological polar surface area (TPSA) is 3.24 Å². The Morgan fingerprint density at radius 3 is 2.15 bits per heavy atom. The SMILES string of the molecule is CCC(CC)N(C)CC1(CS)CC1. The van der Waals surface area contributed by atoms with Crippen LogP contribution in [0.2, 0.25) is 0 Å². The molecule has 0 amide bonds. The van der Waals surface area contributed by atoms with Crippen molar-refractivity contribution >= 4 is 12.6 Å². The molecule has 13 heavy (non-hydrogen) atoms. The lowest BCUT2D eigenvalue weighted by molar-refractivity contribution is 0.195. The first-order valence-corrected chi connectivity index (χ1v) is 6.12. The molecular weight excluding hydrogens is 178 g/mol. The molecule has 78 valence electrons. The second-order valence-electron chi connectivity index (χ2n) is 4.54. The maximum atomic E-state index is 4.44. The summed E-state index contributed by atoms with van der Waals surface area (Å²) in [6, 6.07) is 0.775. The van der Waals surface area contributed by atoms with Crippen LogP contribution in [0.5, 0.6) is 0 Å². The van der Waals surface area contributed by atoms with Gasteiger partial charge < -0.3 is 4.90 Å². The van der Waals surface area contributed by atoms with E-state index in [0.29, 0.717) is 5.41 Å². The van der Waals surface area contributed by atoms with Gasteiger partial charge in [-0.15, -0.1) is 0 Å². The van der Waals surface area contributed by atoms with Crippen LogP contribution in [0.3, 0.4) is 0 Å². The van der Waals surface area contributed by atoms with E-state index in [1.807, 2.05) is 0 Å². The molecule has 0 heterocycles. The monoisotopic (exact) mass is 201 g/mol. The Kier molecular flexibility index (Phi) is 4.11. The van der Waals surface area contributed by atoms with Gasteiger partial charge >= 0.3 is 0 Å². The van der Waals surface area contributed by atoms with Gasteiger partial charge in [0.05, 0.1) is 0 Å². The van der Waals surface area contributed by atoms with Gasteiger partial charge in [0.15, 0.2) is 0 Å². The highest BCUT2D eigenvalue weighted by Gasteiger charge is 2.42. The van der Waals surface area contributed by atoms with Crippen molar-refractivity contribution in [1.82, 2.24) is 4.90 Å². The van der Waals surface area contributed by atoms with Gasteiger partial charge in [-0.3, -0.25) is 0 Å². The fraction of sp³-hybridized carbons (Fsp3) is 1.00. The third-order valence-electron chi connectivity index (χ3n) is 3.44. The van der Waals surface area contributed by atoms with Gasteiger partial charge in [0, 0.05) is 12.6 Å². The van der Waals surface area contributed by atoms with Gasteiger partial charge in [0.25, 0.3) is 0 Å². The number of thiol groups is 1. The van der Waals surface area contributed by atoms with E-state index in [4.69, 9.17) is 0 Å². The summed E-state index contributed by atoms with van der Waals surface area (Å²) in [5, 5.41) is 0. The Morgan fingerprint density at radius 1 is 1.31 bits per heavy atom. The minimum atomic E-state index is 0.584. The van der Waals surface area contributed by atoms with E-state index < -0.39 is 0 Å². The third kappa shape index (κ3) is 2.88. The molecule has 0 spiro atoms. The van der Waals surface area contributed by atoms with E-state index in [0.717, 1.165) is 11.8 Å². The minimum Gasteiger partial charge on any atom is -0.303 e. The largest absolute Gasteiger partial charge is 0.303 e. The molecule has 0 bridgehead atoms. The molecule has 0 unspecified atom stereocenters. The van der Waals surface area contributed by atoms with Gasteiger partial charge in [0.1, 0.15) is 0 Å². The first-order valence-electron chi connectivity index (χ1n) is 5.48. The summed E-state index contributed by atoms with van der Waals surface area (Å²) >= 11 is 4.44. The average Bonchev–Trinajstić information content (AvgIpc) is 2.88. The number of rotatable bonds is 6. The molecule has 1 rings (SSSR count). The predicted molar refractivity (Wildman–Crippen MR) is 62.5 cm³/mol. The second kappa shape index (κ2) is 4.70. The van der Waals surface area contributed by atoms with E-state index in [2.05, 4.69) is 38.4 Å². The van der Waals surface area contributed by atoms with Gasteiger partial charge in [-0.1, -0.05) is 13.8 Å². The van der Waals surface area contributed by atoms with E-state index in [1.165, 1.54) is 32.2 Å². The summed E-state index contributed by atoms with van der Waals surface area (Å²) in [6.07, 6.45) is 5.33. The van der Waals surface area contributed by atoms with Crippen LogP contribution >= 0.6 is 12.6 Å². The Balaban J connectivity index is 2.35. The molecule has 0 aromatic heterocycles. The smallest absolute Gasteiger partial charge is 0.00872 e. The van der Waals surface area contributed by atoms with Crippen molar-refractivity contribution in [3.05, 3.63) is 0 Å². The molecule has 1 aliphatic carbocycles. The number of hydrogen-bond donors (Lipinski definition) is 1. The molecule has 2 heteroatoms. The predicted octanol–water partition coefficient (Wildman–Crippen LogP) is 2.82. The second-order valence-corrected chi connectivity index (χ2v) is 4.86. The van der Waals surface area contributed by atoms with E-state index in [-0.39, 0.29) is 0 Å². The zero-order chi connectivity index (χ0) is 9.90. The van der Waals surface area contributed by atoms with Gasteiger partial charge in [-0.05, 0) is 43.9 Å². The normalized spacial score (nSPS) is 19.8. The van der Waals surface area contributed by atoms with Crippen molar-refractivity contribution in [2.75, 3.05) is 19.3 Å². The van der Waals surface area contributed by atoms with E-state index >= 15 is 0 Å². The molecule has 1 saturated carbocycles. The van der Waals surface area contributed by atoms with Crippen molar-refractivity contribution < 1.29 is 0 Å². The highest BCUT2D eigenvalue weighted by Crippen LogP contribution is 2.47. The van der Waals surface area contributed by atoms with Gasteiger partial charge in [0.2, 0.25) is 0 Å². The maximum absolute atomic E-state index is 4.44. The highest BCUT2D eigenvalue weighted by molar-refractivity contribution is 7.80. The molecular formula is C11H23NS. The molecule has 0 aromatic rings. The highest BCUT2D eigenvalue weighted by atomic mass is 32.1. The summed E-state index contributed by atoms with van der Waals surface area (Å²) in [4.78, 5) is 2.53. The van der Waals surface area contributed by atoms with Crippen LogP contribution in [0.4, 0.5) is 0 Å². The van der Waals surface area contributed by atoms with E-state index in [1.54, 1.807) is 0 Å². The van der Waals surface area contributed by atoms with Crippen LogP contribution in [-0.4, -0.2) is 30.3 Å². The lowest BCUT2D eigenvalue weighted by Crippen LogP contribution is -2.36. The average molecular weight is 201 g/mol. The zero-order valence-corrected chi connectivity index (χ0v) is 10.1. The molecule has 1 aliphatic rings. The van der Waals surface area contributed by atoms with Crippen molar-refractivity contribution in [3.8, 4) is 0 Å². The molecule has 0 aliphatic heterocycles. The lowest BCUT2D eigenvalue weighted by atomic mass is 10.1. The molecule has 0 saturated heterocycles. The van der Waals surface area contributed by atoms with Crippen LogP contribution in [0.15, 0.2) is 0 Å². The van der Waals surface area contributed by atoms with Crippen LogP contribution in [-0.2, 0) is 0 Å². The first-order chi connectivity index (χ1) is 6.17. The summed E-state index contributed by atoms with van der Waals surface area (Å²) in [6.45, 7) is 5.82. The summed E-state index contributed by atoms with van der Waals surface area (Å²) in [5.74, 6) is 1.07. The summed E-state index contributed by atoms with van der Waals surface area (Å²) < 4.78 is 0. The third-order valence-corrected chi connectivity index (χ3v) is 4.11. The molecule has 0 radical (unpaired) electrons. The minimum absolute atomic E-state index is 0.584. The zero-order valence-electron chi connectivity index (χ0n) is 9.21. The Hall–Kier alpha value is 0.310. The Bertz CT molecular complexity index is 150. The van der Waals surface area contributed by atoms with Crippen LogP contribution in [0.25, 0.3) is 0 Å². The van der Waals surface area contributed by atoms with Crippen molar-refractivity contribution in [1.29, 1.82) is 0 Å². The van der Waals surface area contributed by atoms with Gasteiger partial charge in [-0.2, -0.15) is 12.6 Å². The quantitative estimate of drug-likeness (QED) is 0.647. The number of hydrogen-bond acceptors (Lipinski definition) is 2. The van der Waals surface area contributed by atoms with Crippen LogP contribution in [0.1, 0.15) is 39.5 Å². The number of nitrogens with zero attached hydrogens (tertiary/aromatic N) is 1. The van der Waals surface area contributed by atoms with Crippen LogP contribution in [0, 0.1) is 5.41 Å². The van der Waals surface area contributed by atoms with E-state index in [9.17, 15) is 0 Å². The van der Waals surface area contributed by atoms with Gasteiger partial charge in [-0.25, -0.2) is 0 Å². The fourth-order valence-corrected chi connectivity index (χ4v) is 2.53. The van der Waals surface area contributed by atoms with Crippen LogP contribution < -0.4 is 0 Å². The molecule has 0 atom stereocenters. The lowest BCUT2D eigenvalue weighted by Gasteiger charge is -2.29. The standard InChI is InChI=1S/C11H23NS/c1-4-10(5-2)12(3)8-11(9-13)6-7-11/h10,13H,4-9H2,1-3H3. The summed E-state index contributed by atoms with van der Waals surface area (Å²) in [7, 11) is 2.27. The molecule has 1 nitrogen and oxygen atoms in total. The first kappa shape index (κ1) is 11.4. The van der Waals surface area contributed by atoms with Crippen molar-refractivity contribution in [3.63, 3.8) is 0 Å². The summed E-state index contributed by atoms with van der Waals surface area (Å²) in [5.41, 5.74) is 0.584. The fourth-order valence-electron chi connectivity index (χ4n) is 2.11. The molecule has 0 N–H and O–H groups in total. The Labute approximate surface area is 88.3 Å². The molecule has 1 fully saturated rings. The van der Waals surface area contributed by atoms with Crippen molar-refractivity contribution in [2.45, 2.75) is 45.6 Å². The maximum Gasteiger partial charge on any atom is 0.00872 e. The molecule has 0 aromatic carbocycles.